The van der Waals surface area contributed by atoms with Crippen LogP contribution in [0.2, 0.25) is 0 Å². The van der Waals surface area contributed by atoms with Crippen LogP contribution < -0.4 is 0 Å². The fourth-order valence-corrected chi connectivity index (χ4v) is 4.29. The largest absolute Gasteiger partial charge is 0.481 e. The lowest BCUT2D eigenvalue weighted by molar-refractivity contribution is -0.136. The molecule has 1 fully saturated rings. The first-order chi connectivity index (χ1) is 13.2. The van der Waals surface area contributed by atoms with Crippen molar-refractivity contribution < 1.29 is 14.4 Å². The molecule has 0 spiro atoms. The minimum atomic E-state index is -0.779. The second-order valence-corrected chi connectivity index (χ2v) is 7.86. The normalized spacial score (nSPS) is 19.0. The van der Waals surface area contributed by atoms with Crippen molar-refractivity contribution in [2.24, 2.45) is 0 Å². The Hall–Kier alpha value is -2.15. The van der Waals surface area contributed by atoms with Crippen LogP contribution >= 0.6 is 0 Å². The van der Waals surface area contributed by atoms with E-state index in [9.17, 15) is 4.79 Å². The Morgan fingerprint density at radius 3 is 2.85 bits per heavy atom. The summed E-state index contributed by atoms with van der Waals surface area (Å²) in [7, 11) is 0. The topological polar surface area (TPSA) is 84.4 Å². The van der Waals surface area contributed by atoms with E-state index in [0.717, 1.165) is 55.4 Å². The van der Waals surface area contributed by atoms with Crippen LogP contribution in [0.5, 0.6) is 0 Å². The lowest BCUT2D eigenvalue weighted by Gasteiger charge is -2.19. The highest BCUT2D eigenvalue weighted by atomic mass is 16.5. The van der Waals surface area contributed by atoms with Gasteiger partial charge in [0.2, 0.25) is 0 Å². The summed E-state index contributed by atoms with van der Waals surface area (Å²) in [5, 5.41) is 17.8. The maximum Gasteiger partial charge on any atom is 0.303 e. The van der Waals surface area contributed by atoms with Gasteiger partial charge in [-0.15, -0.1) is 0 Å². The second-order valence-electron chi connectivity index (χ2n) is 7.86. The highest BCUT2D eigenvalue weighted by Gasteiger charge is 2.22. The zero-order chi connectivity index (χ0) is 18.6. The fraction of sp³-hybridized carbons (Fsp3) is 0.650. The molecule has 0 aromatic carbocycles. The average Bonchev–Trinajstić information content (AvgIpc) is 3.24. The predicted molar refractivity (Wildman–Crippen MR) is 99.2 cm³/mol. The molecule has 2 aromatic heterocycles. The molecule has 4 rings (SSSR count). The first-order valence-corrected chi connectivity index (χ1v) is 10.1. The first-order valence-electron chi connectivity index (χ1n) is 10.1. The van der Waals surface area contributed by atoms with Crippen LogP contribution in [0.1, 0.15) is 73.7 Å². The number of hydrogen-bond acceptors (Lipinski definition) is 5. The van der Waals surface area contributed by atoms with Crippen molar-refractivity contribution in [3.63, 3.8) is 0 Å². The van der Waals surface area contributed by atoms with Crippen LogP contribution in [-0.2, 0) is 30.8 Å². The Kier molecular flexibility index (Phi) is 5.57. The summed E-state index contributed by atoms with van der Waals surface area (Å²) in [6, 6.07) is 4.20. The molecule has 7 heteroatoms. The van der Waals surface area contributed by atoms with E-state index in [-0.39, 0.29) is 6.42 Å². The number of rotatable bonds is 6. The summed E-state index contributed by atoms with van der Waals surface area (Å²) in [5.74, 6) is 0.729. The van der Waals surface area contributed by atoms with Crippen molar-refractivity contribution in [1.82, 2.24) is 19.8 Å². The zero-order valence-electron chi connectivity index (χ0n) is 15.8. The van der Waals surface area contributed by atoms with Gasteiger partial charge in [-0.25, -0.2) is 0 Å². The van der Waals surface area contributed by atoms with Crippen LogP contribution in [0.4, 0.5) is 0 Å². The van der Waals surface area contributed by atoms with Crippen LogP contribution in [0, 0.1) is 0 Å². The monoisotopic (exact) mass is 372 g/mol. The SMILES string of the molecule is O=C(O)CCc1cc2n(n1)CCCN(Cc1cc(C3CCCCC3)no1)C2. The molecule has 1 N–H and O–H groups in total. The van der Waals surface area contributed by atoms with Crippen LogP contribution in [0.15, 0.2) is 16.7 Å². The Morgan fingerprint density at radius 1 is 1.19 bits per heavy atom. The highest BCUT2D eigenvalue weighted by Crippen LogP contribution is 2.32. The number of aliphatic carboxylic acids is 1. The van der Waals surface area contributed by atoms with Gasteiger partial charge < -0.3 is 9.63 Å². The average molecular weight is 372 g/mol. The standard InChI is InChI=1S/C20H28N4O3/c25-20(26)8-7-16-11-17-13-23(9-4-10-24(17)21-16)14-18-12-19(22-27-18)15-5-2-1-3-6-15/h11-12,15H,1-10,13-14H2,(H,25,26). The molecule has 146 valence electrons. The summed E-state index contributed by atoms with van der Waals surface area (Å²) in [6.07, 6.45) is 8.04. The number of aryl methyl sites for hydroxylation is 2. The Balaban J connectivity index is 1.38. The predicted octanol–water partition coefficient (Wildman–Crippen LogP) is 3.34. The van der Waals surface area contributed by atoms with Gasteiger partial charge in [-0.2, -0.15) is 5.10 Å². The summed E-state index contributed by atoms with van der Waals surface area (Å²) >= 11 is 0. The van der Waals surface area contributed by atoms with E-state index >= 15 is 0 Å². The molecular formula is C20H28N4O3. The molecule has 2 aliphatic rings. The lowest BCUT2D eigenvalue weighted by atomic mass is 9.87. The molecule has 2 aromatic rings. The maximum absolute atomic E-state index is 10.8. The van der Waals surface area contributed by atoms with Gasteiger partial charge in [0, 0.05) is 38.0 Å². The van der Waals surface area contributed by atoms with Gasteiger partial charge in [-0.3, -0.25) is 14.4 Å². The molecule has 0 radical (unpaired) electrons. The van der Waals surface area contributed by atoms with Gasteiger partial charge in [0.05, 0.1) is 30.0 Å². The third-order valence-corrected chi connectivity index (χ3v) is 5.72. The van der Waals surface area contributed by atoms with Crippen molar-refractivity contribution in [3.05, 3.63) is 35.0 Å². The molecule has 1 aliphatic carbocycles. The molecule has 0 amide bonds. The fourth-order valence-electron chi connectivity index (χ4n) is 4.29. The molecule has 0 bridgehead atoms. The van der Waals surface area contributed by atoms with E-state index in [4.69, 9.17) is 9.63 Å². The summed E-state index contributed by atoms with van der Waals surface area (Å²) in [4.78, 5) is 13.2. The molecule has 1 saturated carbocycles. The van der Waals surface area contributed by atoms with Crippen molar-refractivity contribution in [3.8, 4) is 0 Å². The van der Waals surface area contributed by atoms with E-state index in [1.807, 2.05) is 4.68 Å². The van der Waals surface area contributed by atoms with Crippen molar-refractivity contribution in [2.45, 2.75) is 76.9 Å². The van der Waals surface area contributed by atoms with Crippen LogP contribution in [0.25, 0.3) is 0 Å². The second kappa shape index (κ2) is 8.25. The number of fused-ring (bicyclic) bond motifs is 1. The molecular weight excluding hydrogens is 344 g/mol. The highest BCUT2D eigenvalue weighted by molar-refractivity contribution is 5.66. The van der Waals surface area contributed by atoms with E-state index < -0.39 is 5.97 Å². The van der Waals surface area contributed by atoms with E-state index in [1.54, 1.807) is 0 Å². The minimum Gasteiger partial charge on any atom is -0.481 e. The zero-order valence-corrected chi connectivity index (χ0v) is 15.8. The first kappa shape index (κ1) is 18.2. The number of nitrogens with zero attached hydrogens (tertiary/aromatic N) is 4. The third-order valence-electron chi connectivity index (χ3n) is 5.72. The minimum absolute atomic E-state index is 0.127. The Morgan fingerprint density at radius 2 is 2.04 bits per heavy atom. The molecule has 7 nitrogen and oxygen atoms in total. The number of aromatic nitrogens is 3. The van der Waals surface area contributed by atoms with E-state index in [0.29, 0.717) is 12.3 Å². The van der Waals surface area contributed by atoms with Crippen LogP contribution in [0.3, 0.4) is 0 Å². The van der Waals surface area contributed by atoms with Crippen molar-refractivity contribution >= 4 is 5.97 Å². The van der Waals surface area contributed by atoms with Gasteiger partial charge in [0.15, 0.2) is 5.76 Å². The van der Waals surface area contributed by atoms with Crippen molar-refractivity contribution in [1.29, 1.82) is 0 Å². The molecule has 0 saturated heterocycles. The Bertz CT molecular complexity index is 776. The van der Waals surface area contributed by atoms with Gasteiger partial charge in [0.25, 0.3) is 0 Å². The number of carbonyl (C=O) groups is 1. The van der Waals surface area contributed by atoms with E-state index in [1.165, 1.54) is 32.1 Å². The quantitative estimate of drug-likeness (QED) is 0.837. The summed E-state index contributed by atoms with van der Waals surface area (Å²) in [6.45, 7) is 3.44. The number of carboxylic acid groups (broad SMARTS) is 1. The number of carboxylic acids is 1. The Labute approximate surface area is 159 Å². The molecule has 27 heavy (non-hydrogen) atoms. The van der Waals surface area contributed by atoms with Gasteiger partial charge in [-0.1, -0.05) is 24.4 Å². The van der Waals surface area contributed by atoms with Gasteiger partial charge in [0.1, 0.15) is 0 Å². The van der Waals surface area contributed by atoms with Crippen LogP contribution in [-0.4, -0.2) is 37.5 Å². The molecule has 0 atom stereocenters. The molecule has 3 heterocycles. The molecule has 0 unspecified atom stereocenters. The van der Waals surface area contributed by atoms with E-state index in [2.05, 4.69) is 27.3 Å². The molecule has 1 aliphatic heterocycles. The third kappa shape index (κ3) is 4.58. The summed E-state index contributed by atoms with van der Waals surface area (Å²) < 4.78 is 7.67. The maximum atomic E-state index is 10.8. The summed E-state index contributed by atoms with van der Waals surface area (Å²) in [5.41, 5.74) is 3.15. The van der Waals surface area contributed by atoms with Crippen molar-refractivity contribution in [2.75, 3.05) is 6.54 Å². The lowest BCUT2D eigenvalue weighted by Crippen LogP contribution is -2.22. The smallest absolute Gasteiger partial charge is 0.303 e. The van der Waals surface area contributed by atoms with Gasteiger partial charge >= 0.3 is 5.97 Å². The van der Waals surface area contributed by atoms with Gasteiger partial charge in [-0.05, 0) is 25.3 Å². The number of hydrogen-bond donors (Lipinski definition) is 1.